The largest absolute Gasteiger partial charge is 0.427 e. The number of rotatable bonds is 3. The summed E-state index contributed by atoms with van der Waals surface area (Å²) in [6.45, 7) is 1.07. The van der Waals surface area contributed by atoms with Crippen LogP contribution in [0.2, 0.25) is 0 Å². The fourth-order valence-corrected chi connectivity index (χ4v) is 5.83. The predicted octanol–water partition coefficient (Wildman–Crippen LogP) is 3.16. The van der Waals surface area contributed by atoms with E-state index in [2.05, 4.69) is 4.98 Å². The number of alkyl halides is 3. The van der Waals surface area contributed by atoms with Crippen LogP contribution in [0.4, 0.5) is 18.3 Å². The summed E-state index contributed by atoms with van der Waals surface area (Å²) in [6, 6.07) is 5.31. The number of sulfonamides is 1. The predicted molar refractivity (Wildman–Crippen MR) is 96.6 cm³/mol. The lowest BCUT2D eigenvalue weighted by Gasteiger charge is -2.33. The van der Waals surface area contributed by atoms with Crippen molar-refractivity contribution in [2.75, 3.05) is 31.1 Å². The van der Waals surface area contributed by atoms with Crippen molar-refractivity contribution >= 4 is 26.5 Å². The van der Waals surface area contributed by atoms with Crippen molar-refractivity contribution in [3.63, 3.8) is 0 Å². The van der Waals surface area contributed by atoms with E-state index in [4.69, 9.17) is 0 Å². The molecule has 1 saturated heterocycles. The Bertz CT molecular complexity index is 949. The molecular formula is C17H18F3N3O2S2. The van der Waals surface area contributed by atoms with Gasteiger partial charge in [0.1, 0.15) is 4.88 Å². The molecule has 1 aromatic carbocycles. The second-order valence-corrected chi connectivity index (χ2v) is 9.63. The topological polar surface area (TPSA) is 53.5 Å². The van der Waals surface area contributed by atoms with Crippen molar-refractivity contribution in [1.29, 1.82) is 0 Å². The van der Waals surface area contributed by atoms with Gasteiger partial charge in [0, 0.05) is 26.2 Å². The van der Waals surface area contributed by atoms with E-state index in [0.717, 1.165) is 31.0 Å². The van der Waals surface area contributed by atoms with Crippen molar-refractivity contribution < 1.29 is 21.6 Å². The van der Waals surface area contributed by atoms with Crippen LogP contribution in [0.5, 0.6) is 0 Å². The van der Waals surface area contributed by atoms with Gasteiger partial charge in [-0.15, -0.1) is 0 Å². The fraction of sp³-hybridized carbons (Fsp3) is 0.471. The summed E-state index contributed by atoms with van der Waals surface area (Å²) < 4.78 is 65.4. The summed E-state index contributed by atoms with van der Waals surface area (Å²) >= 11 is 0.587. The summed E-state index contributed by atoms with van der Waals surface area (Å²) in [7, 11) is -3.60. The van der Waals surface area contributed by atoms with E-state index in [1.54, 1.807) is 17.0 Å². The van der Waals surface area contributed by atoms with Gasteiger partial charge >= 0.3 is 6.18 Å². The third-order valence-corrected chi connectivity index (χ3v) is 7.99. The van der Waals surface area contributed by atoms with Gasteiger partial charge in [-0.3, -0.25) is 0 Å². The first-order chi connectivity index (χ1) is 12.7. The molecule has 2 heterocycles. The molecule has 0 atom stereocenters. The number of thiazole rings is 1. The first-order valence-electron chi connectivity index (χ1n) is 8.65. The minimum absolute atomic E-state index is 0.223. The van der Waals surface area contributed by atoms with Crippen molar-refractivity contribution in [3.05, 3.63) is 40.4 Å². The smallest absolute Gasteiger partial charge is 0.345 e. The highest BCUT2D eigenvalue weighted by Gasteiger charge is 2.35. The maximum Gasteiger partial charge on any atom is 0.427 e. The Kier molecular flexibility index (Phi) is 4.68. The molecule has 1 aromatic heterocycles. The molecule has 0 spiro atoms. The monoisotopic (exact) mass is 417 g/mol. The molecule has 2 aromatic rings. The molecule has 1 aliphatic heterocycles. The molecule has 1 aliphatic carbocycles. The van der Waals surface area contributed by atoms with Crippen molar-refractivity contribution in [2.24, 2.45) is 0 Å². The highest BCUT2D eigenvalue weighted by Crippen LogP contribution is 2.36. The number of anilines is 1. The van der Waals surface area contributed by atoms with E-state index in [-0.39, 0.29) is 18.2 Å². The Hall–Kier alpha value is -1.65. The Morgan fingerprint density at radius 2 is 1.74 bits per heavy atom. The lowest BCUT2D eigenvalue weighted by atomic mass is 10.1. The minimum Gasteiger partial charge on any atom is -0.345 e. The highest BCUT2D eigenvalue weighted by atomic mass is 32.2. The van der Waals surface area contributed by atoms with E-state index in [1.807, 2.05) is 6.07 Å². The summed E-state index contributed by atoms with van der Waals surface area (Å²) in [6.07, 6.45) is -0.645. The van der Waals surface area contributed by atoms with Gasteiger partial charge in [-0.25, -0.2) is 13.4 Å². The molecule has 0 saturated carbocycles. The molecule has 146 valence electrons. The maximum absolute atomic E-state index is 12.9. The summed E-state index contributed by atoms with van der Waals surface area (Å²) in [5, 5.41) is 0.275. The van der Waals surface area contributed by atoms with E-state index >= 15 is 0 Å². The number of aromatic nitrogens is 1. The zero-order valence-corrected chi connectivity index (χ0v) is 16.0. The molecule has 0 radical (unpaired) electrons. The molecule has 10 heteroatoms. The van der Waals surface area contributed by atoms with E-state index < -0.39 is 21.1 Å². The quantitative estimate of drug-likeness (QED) is 0.770. The summed E-state index contributed by atoms with van der Waals surface area (Å²) in [5.41, 5.74) is 2.31. The average Bonchev–Trinajstić information content (AvgIpc) is 3.30. The number of nitrogens with zero attached hydrogens (tertiary/aromatic N) is 3. The van der Waals surface area contributed by atoms with Crippen LogP contribution in [0.1, 0.15) is 22.4 Å². The fourth-order valence-electron chi connectivity index (χ4n) is 3.52. The Morgan fingerprint density at radius 1 is 1.04 bits per heavy atom. The number of benzene rings is 1. The summed E-state index contributed by atoms with van der Waals surface area (Å²) in [5.74, 6) is 0. The number of halogens is 3. The third-order valence-electron chi connectivity index (χ3n) is 4.99. The van der Waals surface area contributed by atoms with Crippen molar-refractivity contribution in [1.82, 2.24) is 9.29 Å². The lowest BCUT2D eigenvalue weighted by molar-refractivity contribution is -0.134. The molecule has 1 fully saturated rings. The number of piperazine rings is 1. The van der Waals surface area contributed by atoms with Gasteiger partial charge in [0.15, 0.2) is 5.13 Å². The van der Waals surface area contributed by atoms with Gasteiger partial charge in [-0.2, -0.15) is 17.5 Å². The second kappa shape index (κ2) is 6.75. The van der Waals surface area contributed by atoms with Crippen LogP contribution in [-0.2, 0) is 29.0 Å². The van der Waals surface area contributed by atoms with Crippen LogP contribution in [-0.4, -0.2) is 43.9 Å². The molecule has 5 nitrogen and oxygen atoms in total. The number of aryl methyl sites for hydroxylation is 2. The molecule has 4 rings (SSSR count). The van der Waals surface area contributed by atoms with Gasteiger partial charge in [0.2, 0.25) is 10.0 Å². The number of hydrogen-bond donors (Lipinski definition) is 0. The molecule has 0 N–H and O–H groups in total. The van der Waals surface area contributed by atoms with Crippen LogP contribution in [0.3, 0.4) is 0 Å². The second-order valence-electron chi connectivity index (χ2n) is 6.68. The van der Waals surface area contributed by atoms with Crippen molar-refractivity contribution in [2.45, 2.75) is 30.3 Å². The van der Waals surface area contributed by atoms with Gasteiger partial charge in [-0.1, -0.05) is 17.4 Å². The Balaban J connectivity index is 1.46. The van der Waals surface area contributed by atoms with Crippen LogP contribution >= 0.6 is 11.3 Å². The Morgan fingerprint density at radius 3 is 2.41 bits per heavy atom. The number of fused-ring (bicyclic) bond motifs is 1. The van der Waals surface area contributed by atoms with E-state index in [0.29, 0.717) is 29.3 Å². The molecule has 0 unspecified atom stereocenters. The zero-order chi connectivity index (χ0) is 19.2. The SMILES string of the molecule is O=S(=O)(c1ccc2c(c1)CCC2)N1CCN(c2ncc(C(F)(F)F)s2)CC1. The average molecular weight is 417 g/mol. The van der Waals surface area contributed by atoms with Gasteiger partial charge in [-0.05, 0) is 42.5 Å². The van der Waals surface area contributed by atoms with Crippen LogP contribution in [0.15, 0.2) is 29.3 Å². The molecule has 27 heavy (non-hydrogen) atoms. The first kappa shape index (κ1) is 18.7. The van der Waals surface area contributed by atoms with E-state index in [9.17, 15) is 21.6 Å². The highest BCUT2D eigenvalue weighted by molar-refractivity contribution is 7.89. The maximum atomic E-state index is 12.9. The number of hydrogen-bond acceptors (Lipinski definition) is 5. The van der Waals surface area contributed by atoms with Crippen LogP contribution in [0.25, 0.3) is 0 Å². The van der Waals surface area contributed by atoms with Gasteiger partial charge < -0.3 is 4.90 Å². The van der Waals surface area contributed by atoms with Crippen molar-refractivity contribution in [3.8, 4) is 0 Å². The zero-order valence-electron chi connectivity index (χ0n) is 14.4. The minimum atomic E-state index is -4.41. The molecule has 0 bridgehead atoms. The normalized spacial score (nSPS) is 18.7. The third kappa shape index (κ3) is 3.57. The molecular weight excluding hydrogens is 399 g/mol. The molecule has 0 amide bonds. The summed E-state index contributed by atoms with van der Waals surface area (Å²) in [4.78, 5) is 5.10. The van der Waals surface area contributed by atoms with Gasteiger partial charge in [0.05, 0.1) is 11.1 Å². The van der Waals surface area contributed by atoms with Crippen LogP contribution in [0, 0.1) is 0 Å². The molecule has 2 aliphatic rings. The first-order valence-corrected chi connectivity index (χ1v) is 10.9. The Labute approximate surface area is 159 Å². The van der Waals surface area contributed by atoms with E-state index in [1.165, 1.54) is 9.87 Å². The standard InChI is InChI=1S/C17H18F3N3O2S2/c18-17(19,20)15-11-21-16(26-15)22-6-8-23(9-7-22)27(24,25)14-5-4-12-2-1-3-13(12)10-14/h4-5,10-11H,1-3,6-9H2. The van der Waals surface area contributed by atoms with Crippen LogP contribution < -0.4 is 4.90 Å². The van der Waals surface area contributed by atoms with Gasteiger partial charge in [0.25, 0.3) is 0 Å². The lowest BCUT2D eigenvalue weighted by Crippen LogP contribution is -2.48.